The quantitative estimate of drug-likeness (QED) is 0.882. The molecule has 1 saturated heterocycles. The highest BCUT2D eigenvalue weighted by Crippen LogP contribution is 2.26. The van der Waals surface area contributed by atoms with Crippen molar-refractivity contribution in [1.82, 2.24) is 0 Å². The van der Waals surface area contributed by atoms with Gasteiger partial charge in [0.25, 0.3) is 5.91 Å². The Hall–Kier alpha value is -2.69. The molecule has 4 nitrogen and oxygen atoms in total. The molecule has 23 heavy (non-hydrogen) atoms. The molecule has 1 N–H and O–H groups in total. The smallest absolute Gasteiger partial charge is 0.256 e. The Morgan fingerprint density at radius 1 is 1.13 bits per heavy atom. The molecule has 2 aromatic carbocycles. The number of benzene rings is 2. The summed E-state index contributed by atoms with van der Waals surface area (Å²) in [5.41, 5.74) is 1.91. The predicted molar refractivity (Wildman–Crippen MR) is 86.7 cm³/mol. The van der Waals surface area contributed by atoms with Crippen LogP contribution in [0.4, 0.5) is 15.8 Å². The fourth-order valence-electron chi connectivity index (χ4n) is 2.66. The number of anilines is 2. The first-order valence-electron chi connectivity index (χ1n) is 7.57. The zero-order chi connectivity index (χ0) is 16.4. The van der Waals surface area contributed by atoms with Crippen molar-refractivity contribution >= 4 is 23.2 Å². The molecule has 0 unspecified atom stereocenters. The van der Waals surface area contributed by atoms with Crippen molar-refractivity contribution in [2.45, 2.75) is 25.8 Å². The van der Waals surface area contributed by atoms with Gasteiger partial charge in [0, 0.05) is 0 Å². The van der Waals surface area contributed by atoms with E-state index in [0.29, 0.717) is 5.69 Å². The van der Waals surface area contributed by atoms with Crippen molar-refractivity contribution in [2.24, 2.45) is 0 Å². The molecular formula is C18H17FN2O2. The molecule has 0 saturated carbocycles. The van der Waals surface area contributed by atoms with Crippen molar-refractivity contribution < 1.29 is 14.0 Å². The van der Waals surface area contributed by atoms with Crippen LogP contribution >= 0.6 is 0 Å². The number of aryl methyl sites for hydroxylation is 1. The van der Waals surface area contributed by atoms with E-state index in [1.165, 1.54) is 6.07 Å². The van der Waals surface area contributed by atoms with Crippen LogP contribution < -0.4 is 10.2 Å². The van der Waals surface area contributed by atoms with E-state index in [1.54, 1.807) is 30.3 Å². The molecule has 118 valence electrons. The molecule has 1 heterocycles. The number of amides is 2. The van der Waals surface area contributed by atoms with Crippen LogP contribution in [0.2, 0.25) is 0 Å². The Kier molecular flexibility index (Phi) is 4.10. The van der Waals surface area contributed by atoms with E-state index in [1.807, 2.05) is 19.1 Å². The standard InChI is InChI=1S/C18H17FN2O2/c1-2-12-7-9-13(10-8-12)21-17(22)11-16(18(21)23)20-15-6-4-3-5-14(15)19/h3-10,16,20H,2,11H2,1H3/t16-/m1/s1. The third kappa shape index (κ3) is 2.95. The van der Waals surface area contributed by atoms with Crippen LogP contribution in [0.15, 0.2) is 48.5 Å². The summed E-state index contributed by atoms with van der Waals surface area (Å²) in [7, 11) is 0. The highest BCUT2D eigenvalue weighted by atomic mass is 19.1. The Morgan fingerprint density at radius 2 is 1.83 bits per heavy atom. The van der Waals surface area contributed by atoms with Crippen molar-refractivity contribution in [3.05, 3.63) is 59.9 Å². The molecule has 0 bridgehead atoms. The topological polar surface area (TPSA) is 49.4 Å². The zero-order valence-electron chi connectivity index (χ0n) is 12.8. The molecule has 0 aliphatic carbocycles. The van der Waals surface area contributed by atoms with Gasteiger partial charge in [0.05, 0.1) is 17.8 Å². The maximum atomic E-state index is 13.7. The van der Waals surface area contributed by atoms with E-state index >= 15 is 0 Å². The maximum absolute atomic E-state index is 13.7. The minimum atomic E-state index is -0.745. The van der Waals surface area contributed by atoms with E-state index in [-0.39, 0.29) is 23.9 Å². The molecule has 0 aromatic heterocycles. The van der Waals surface area contributed by atoms with Gasteiger partial charge in [-0.2, -0.15) is 0 Å². The number of rotatable bonds is 4. The van der Waals surface area contributed by atoms with Gasteiger partial charge in [-0.1, -0.05) is 31.2 Å². The van der Waals surface area contributed by atoms with Gasteiger partial charge in [0.1, 0.15) is 11.9 Å². The van der Waals surface area contributed by atoms with E-state index in [9.17, 15) is 14.0 Å². The molecule has 2 aromatic rings. The SMILES string of the molecule is CCc1ccc(N2C(=O)C[C@@H](Nc3ccccc3F)C2=O)cc1. The van der Waals surface area contributed by atoms with Crippen LogP contribution in [0.3, 0.4) is 0 Å². The average Bonchev–Trinajstić information content (AvgIpc) is 2.84. The molecule has 1 aliphatic rings. The fraction of sp³-hybridized carbons (Fsp3) is 0.222. The molecular weight excluding hydrogens is 295 g/mol. The number of halogens is 1. The van der Waals surface area contributed by atoms with Gasteiger partial charge in [-0.15, -0.1) is 0 Å². The molecule has 0 spiro atoms. The largest absolute Gasteiger partial charge is 0.371 e. The number of carbonyl (C=O) groups is 2. The second kappa shape index (κ2) is 6.20. The number of nitrogens with zero attached hydrogens (tertiary/aromatic N) is 1. The molecule has 1 atom stereocenters. The minimum Gasteiger partial charge on any atom is -0.371 e. The molecule has 5 heteroatoms. The van der Waals surface area contributed by atoms with E-state index in [0.717, 1.165) is 16.9 Å². The number of imide groups is 1. The maximum Gasteiger partial charge on any atom is 0.256 e. The van der Waals surface area contributed by atoms with E-state index < -0.39 is 11.9 Å². The molecule has 2 amide bonds. The summed E-state index contributed by atoms with van der Waals surface area (Å²) in [4.78, 5) is 25.9. The molecule has 3 rings (SSSR count). The number of nitrogens with one attached hydrogen (secondary N) is 1. The molecule has 1 aliphatic heterocycles. The summed E-state index contributed by atoms with van der Waals surface area (Å²) in [5.74, 6) is -1.09. The van der Waals surface area contributed by atoms with Gasteiger partial charge in [-0.25, -0.2) is 9.29 Å². The monoisotopic (exact) mass is 312 g/mol. The summed E-state index contributed by atoms with van der Waals surface area (Å²) in [6, 6.07) is 12.7. The Labute approximate surface area is 133 Å². The van der Waals surface area contributed by atoms with Gasteiger partial charge in [0.15, 0.2) is 0 Å². The summed E-state index contributed by atoms with van der Waals surface area (Å²) in [6.07, 6.45) is 0.905. The Bertz CT molecular complexity index is 743. The van der Waals surface area contributed by atoms with Gasteiger partial charge in [0.2, 0.25) is 5.91 Å². The van der Waals surface area contributed by atoms with Crippen LogP contribution in [0.25, 0.3) is 0 Å². The summed E-state index contributed by atoms with van der Waals surface area (Å²) in [5, 5.41) is 2.82. The van der Waals surface area contributed by atoms with Gasteiger partial charge in [-0.3, -0.25) is 9.59 Å². The summed E-state index contributed by atoms with van der Waals surface area (Å²) >= 11 is 0. The third-order valence-corrected chi connectivity index (χ3v) is 3.95. The summed E-state index contributed by atoms with van der Waals surface area (Å²) in [6.45, 7) is 2.04. The second-order valence-electron chi connectivity index (χ2n) is 5.47. The van der Waals surface area contributed by atoms with Crippen molar-refractivity contribution in [1.29, 1.82) is 0 Å². The van der Waals surface area contributed by atoms with E-state index in [4.69, 9.17) is 0 Å². The predicted octanol–water partition coefficient (Wildman–Crippen LogP) is 3.13. The first-order chi connectivity index (χ1) is 11.1. The van der Waals surface area contributed by atoms with Crippen LogP contribution in [-0.2, 0) is 16.0 Å². The Morgan fingerprint density at radius 3 is 2.48 bits per heavy atom. The molecule has 1 fully saturated rings. The fourth-order valence-corrected chi connectivity index (χ4v) is 2.66. The lowest BCUT2D eigenvalue weighted by Crippen LogP contribution is -2.34. The second-order valence-corrected chi connectivity index (χ2v) is 5.47. The van der Waals surface area contributed by atoms with Crippen molar-refractivity contribution in [2.75, 3.05) is 10.2 Å². The van der Waals surface area contributed by atoms with Gasteiger partial charge in [-0.05, 0) is 36.2 Å². The van der Waals surface area contributed by atoms with Crippen LogP contribution in [0, 0.1) is 5.82 Å². The van der Waals surface area contributed by atoms with Gasteiger partial charge >= 0.3 is 0 Å². The number of carbonyl (C=O) groups excluding carboxylic acids is 2. The molecule has 0 radical (unpaired) electrons. The van der Waals surface area contributed by atoms with Crippen LogP contribution in [0.5, 0.6) is 0 Å². The average molecular weight is 312 g/mol. The lowest BCUT2D eigenvalue weighted by molar-refractivity contribution is -0.121. The highest BCUT2D eigenvalue weighted by molar-refractivity contribution is 6.23. The number of hydrogen-bond donors (Lipinski definition) is 1. The summed E-state index contributed by atoms with van der Waals surface area (Å²) < 4.78 is 13.7. The third-order valence-electron chi connectivity index (χ3n) is 3.95. The highest BCUT2D eigenvalue weighted by Gasteiger charge is 2.39. The number of para-hydroxylation sites is 1. The lowest BCUT2D eigenvalue weighted by Gasteiger charge is -2.16. The normalized spacial score (nSPS) is 17.7. The van der Waals surface area contributed by atoms with Crippen molar-refractivity contribution in [3.8, 4) is 0 Å². The van der Waals surface area contributed by atoms with Crippen LogP contribution in [0.1, 0.15) is 18.9 Å². The first-order valence-corrected chi connectivity index (χ1v) is 7.57. The minimum absolute atomic E-state index is 0.0166. The first kappa shape index (κ1) is 15.2. The zero-order valence-corrected chi connectivity index (χ0v) is 12.8. The Balaban J connectivity index is 1.80. The van der Waals surface area contributed by atoms with Crippen molar-refractivity contribution in [3.63, 3.8) is 0 Å². The van der Waals surface area contributed by atoms with Crippen LogP contribution in [-0.4, -0.2) is 17.9 Å². The van der Waals surface area contributed by atoms with Gasteiger partial charge < -0.3 is 5.32 Å². The van der Waals surface area contributed by atoms with E-state index in [2.05, 4.69) is 5.32 Å². The number of hydrogen-bond acceptors (Lipinski definition) is 3. The lowest BCUT2D eigenvalue weighted by atomic mass is 10.1.